The summed E-state index contributed by atoms with van der Waals surface area (Å²) < 4.78 is 5.29. The molecule has 1 aliphatic carbocycles. The zero-order chi connectivity index (χ0) is 12.9. The third-order valence-corrected chi connectivity index (χ3v) is 3.96. The van der Waals surface area contributed by atoms with Gasteiger partial charge in [0.2, 0.25) is 0 Å². The molecule has 1 fully saturated rings. The van der Waals surface area contributed by atoms with Crippen molar-refractivity contribution in [3.63, 3.8) is 0 Å². The van der Waals surface area contributed by atoms with Crippen molar-refractivity contribution in [2.45, 2.75) is 52.9 Å². The van der Waals surface area contributed by atoms with Crippen LogP contribution < -0.4 is 5.73 Å². The molecule has 2 N–H and O–H groups in total. The van der Waals surface area contributed by atoms with Crippen LogP contribution in [0.25, 0.3) is 0 Å². The standard InChI is InChI=1S/C14H27NO2/c1-4-17-13(16)14(10-15,9-11(2)3)12-7-5-6-8-12/h11-12H,4-10,15H2,1-3H3. The first kappa shape index (κ1) is 14.5. The van der Waals surface area contributed by atoms with Crippen LogP contribution in [0, 0.1) is 17.3 Å². The van der Waals surface area contributed by atoms with Crippen molar-refractivity contribution in [1.82, 2.24) is 0 Å². The Kier molecular flexibility index (Phi) is 5.44. The molecule has 1 saturated carbocycles. The lowest BCUT2D eigenvalue weighted by molar-refractivity contribution is -0.160. The highest BCUT2D eigenvalue weighted by atomic mass is 16.5. The molecule has 1 rings (SSSR count). The number of nitrogens with two attached hydrogens (primary N) is 1. The lowest BCUT2D eigenvalue weighted by Crippen LogP contribution is -2.46. The fraction of sp³-hybridized carbons (Fsp3) is 0.929. The van der Waals surface area contributed by atoms with Gasteiger partial charge in [0.1, 0.15) is 0 Å². The summed E-state index contributed by atoms with van der Waals surface area (Å²) in [7, 11) is 0. The van der Waals surface area contributed by atoms with Gasteiger partial charge in [-0.1, -0.05) is 26.7 Å². The molecule has 0 bridgehead atoms. The van der Waals surface area contributed by atoms with Crippen molar-refractivity contribution in [2.75, 3.05) is 13.2 Å². The number of ether oxygens (including phenoxy) is 1. The first-order valence-corrected chi connectivity index (χ1v) is 6.94. The van der Waals surface area contributed by atoms with Crippen molar-refractivity contribution in [3.05, 3.63) is 0 Å². The van der Waals surface area contributed by atoms with Crippen molar-refractivity contribution >= 4 is 5.97 Å². The second-order valence-corrected chi connectivity index (χ2v) is 5.66. The van der Waals surface area contributed by atoms with Gasteiger partial charge >= 0.3 is 5.97 Å². The summed E-state index contributed by atoms with van der Waals surface area (Å²) in [6.07, 6.45) is 5.56. The number of esters is 1. The minimum Gasteiger partial charge on any atom is -0.466 e. The Balaban J connectivity index is 2.90. The second-order valence-electron chi connectivity index (χ2n) is 5.66. The maximum absolute atomic E-state index is 12.3. The first-order valence-electron chi connectivity index (χ1n) is 6.94. The van der Waals surface area contributed by atoms with Gasteiger partial charge in [0.15, 0.2) is 0 Å². The zero-order valence-electron chi connectivity index (χ0n) is 11.5. The summed E-state index contributed by atoms with van der Waals surface area (Å²) in [5.41, 5.74) is 5.54. The summed E-state index contributed by atoms with van der Waals surface area (Å²) >= 11 is 0. The summed E-state index contributed by atoms with van der Waals surface area (Å²) in [6, 6.07) is 0. The molecule has 100 valence electrons. The highest BCUT2D eigenvalue weighted by Crippen LogP contribution is 2.44. The van der Waals surface area contributed by atoms with Crippen LogP contribution in [0.1, 0.15) is 52.9 Å². The van der Waals surface area contributed by atoms with Crippen LogP contribution in [0.2, 0.25) is 0 Å². The largest absolute Gasteiger partial charge is 0.466 e. The molecule has 0 heterocycles. The molecule has 0 saturated heterocycles. The van der Waals surface area contributed by atoms with Crippen LogP contribution in [-0.2, 0) is 9.53 Å². The number of carbonyl (C=O) groups excluding carboxylic acids is 1. The number of hydrogen-bond donors (Lipinski definition) is 1. The minimum absolute atomic E-state index is 0.0666. The van der Waals surface area contributed by atoms with Crippen LogP contribution in [0.15, 0.2) is 0 Å². The maximum atomic E-state index is 12.3. The molecule has 0 aromatic carbocycles. The van der Waals surface area contributed by atoms with Crippen molar-refractivity contribution < 1.29 is 9.53 Å². The molecule has 1 unspecified atom stereocenters. The van der Waals surface area contributed by atoms with E-state index in [1.807, 2.05) is 6.92 Å². The van der Waals surface area contributed by atoms with Crippen molar-refractivity contribution in [2.24, 2.45) is 23.0 Å². The summed E-state index contributed by atoms with van der Waals surface area (Å²) in [4.78, 5) is 12.3. The fourth-order valence-electron chi connectivity index (χ4n) is 3.23. The fourth-order valence-corrected chi connectivity index (χ4v) is 3.23. The topological polar surface area (TPSA) is 52.3 Å². The van der Waals surface area contributed by atoms with Gasteiger partial charge in [-0.2, -0.15) is 0 Å². The first-order chi connectivity index (χ1) is 8.06. The van der Waals surface area contributed by atoms with E-state index < -0.39 is 5.41 Å². The Hall–Kier alpha value is -0.570. The average Bonchev–Trinajstić information content (AvgIpc) is 2.79. The monoisotopic (exact) mass is 241 g/mol. The molecule has 17 heavy (non-hydrogen) atoms. The lowest BCUT2D eigenvalue weighted by atomic mass is 9.69. The van der Waals surface area contributed by atoms with Gasteiger partial charge in [-0.05, 0) is 38.0 Å². The highest BCUT2D eigenvalue weighted by Gasteiger charge is 2.46. The Labute approximate surface area is 105 Å². The van der Waals surface area contributed by atoms with Crippen molar-refractivity contribution in [3.8, 4) is 0 Å². The SMILES string of the molecule is CCOC(=O)C(CN)(CC(C)C)C1CCCC1. The molecule has 0 aromatic heterocycles. The molecule has 1 atom stereocenters. The van der Waals surface area contributed by atoms with E-state index in [1.54, 1.807) is 0 Å². The lowest BCUT2D eigenvalue weighted by Gasteiger charge is -2.37. The van der Waals surface area contributed by atoms with Crippen LogP contribution >= 0.6 is 0 Å². The molecule has 1 aliphatic rings. The van der Waals surface area contributed by atoms with Gasteiger partial charge in [0.05, 0.1) is 12.0 Å². The van der Waals surface area contributed by atoms with Gasteiger partial charge in [0, 0.05) is 6.54 Å². The number of rotatable bonds is 6. The predicted molar refractivity (Wildman–Crippen MR) is 69.5 cm³/mol. The molecular weight excluding hydrogens is 214 g/mol. The molecule has 3 heteroatoms. The van der Waals surface area contributed by atoms with Gasteiger partial charge in [-0.3, -0.25) is 4.79 Å². The molecule has 0 amide bonds. The second kappa shape index (κ2) is 6.39. The minimum atomic E-state index is -0.430. The Morgan fingerprint density at radius 3 is 2.41 bits per heavy atom. The van der Waals surface area contributed by atoms with E-state index in [9.17, 15) is 4.79 Å². The third-order valence-electron chi connectivity index (χ3n) is 3.96. The quantitative estimate of drug-likeness (QED) is 0.727. The highest BCUT2D eigenvalue weighted by molar-refractivity contribution is 5.77. The Morgan fingerprint density at radius 1 is 1.41 bits per heavy atom. The van der Waals surface area contributed by atoms with E-state index in [1.165, 1.54) is 12.8 Å². The number of hydrogen-bond acceptors (Lipinski definition) is 3. The van der Waals surface area contributed by atoms with Gasteiger partial charge < -0.3 is 10.5 Å². The Morgan fingerprint density at radius 2 is 2.00 bits per heavy atom. The third kappa shape index (κ3) is 3.21. The van der Waals surface area contributed by atoms with E-state index in [-0.39, 0.29) is 5.97 Å². The predicted octanol–water partition coefficient (Wildman–Crippen LogP) is 2.73. The summed E-state index contributed by atoms with van der Waals surface area (Å²) in [6.45, 7) is 7.04. The molecule has 0 spiro atoms. The van der Waals surface area contributed by atoms with Gasteiger partial charge in [0.25, 0.3) is 0 Å². The molecule has 0 radical (unpaired) electrons. The molecule has 0 aromatic rings. The van der Waals surface area contributed by atoms with Crippen LogP contribution in [0.5, 0.6) is 0 Å². The molecule has 3 nitrogen and oxygen atoms in total. The Bertz CT molecular complexity index is 247. The van der Waals surface area contributed by atoms with E-state index in [0.717, 1.165) is 19.3 Å². The normalized spacial score (nSPS) is 20.5. The van der Waals surface area contributed by atoms with Gasteiger partial charge in [-0.25, -0.2) is 0 Å². The zero-order valence-corrected chi connectivity index (χ0v) is 11.5. The average molecular weight is 241 g/mol. The van der Waals surface area contributed by atoms with E-state index in [4.69, 9.17) is 10.5 Å². The van der Waals surface area contributed by atoms with E-state index in [0.29, 0.717) is 25.0 Å². The molecular formula is C14H27NO2. The van der Waals surface area contributed by atoms with E-state index >= 15 is 0 Å². The summed E-state index contributed by atoms with van der Waals surface area (Å²) in [5, 5.41) is 0. The maximum Gasteiger partial charge on any atom is 0.313 e. The van der Waals surface area contributed by atoms with E-state index in [2.05, 4.69) is 13.8 Å². The van der Waals surface area contributed by atoms with Crippen LogP contribution in [0.4, 0.5) is 0 Å². The summed E-state index contributed by atoms with van der Waals surface area (Å²) in [5.74, 6) is 0.834. The van der Waals surface area contributed by atoms with Crippen LogP contribution in [0.3, 0.4) is 0 Å². The van der Waals surface area contributed by atoms with Crippen molar-refractivity contribution in [1.29, 1.82) is 0 Å². The number of carbonyl (C=O) groups is 1. The molecule has 0 aliphatic heterocycles. The van der Waals surface area contributed by atoms with Crippen LogP contribution in [-0.4, -0.2) is 19.1 Å². The smallest absolute Gasteiger partial charge is 0.313 e. The van der Waals surface area contributed by atoms with Gasteiger partial charge in [-0.15, -0.1) is 0 Å².